The summed E-state index contributed by atoms with van der Waals surface area (Å²) in [5.74, 6) is 0.209. The van der Waals surface area contributed by atoms with Gasteiger partial charge in [-0.2, -0.15) is 0 Å². The van der Waals surface area contributed by atoms with Crippen LogP contribution in [0.5, 0.6) is 0 Å². The number of halogens is 2. The van der Waals surface area contributed by atoms with Crippen LogP contribution in [0.3, 0.4) is 0 Å². The molecule has 0 unspecified atom stereocenters. The fourth-order valence-electron chi connectivity index (χ4n) is 3.28. The molecule has 0 aliphatic carbocycles. The molecule has 110 valence electrons. The average Bonchev–Trinajstić information content (AvgIpc) is 2.83. The number of likely N-dealkylation sites (tertiary alicyclic amines) is 1. The zero-order valence-corrected chi connectivity index (χ0v) is 14.4. The topological polar surface area (TPSA) is 32.3 Å². The van der Waals surface area contributed by atoms with E-state index >= 15 is 0 Å². The number of amides is 1. The van der Waals surface area contributed by atoms with Gasteiger partial charge in [-0.3, -0.25) is 4.79 Å². The SMILES string of the molecule is Cl.O=C(c1ccccc1I)N1CCC2(CCNCC2)C1. The second-order valence-corrected chi connectivity index (χ2v) is 6.87. The lowest BCUT2D eigenvalue weighted by atomic mass is 9.78. The van der Waals surface area contributed by atoms with Crippen molar-refractivity contribution in [3.05, 3.63) is 33.4 Å². The molecule has 1 amide bonds. The number of piperidine rings is 1. The fraction of sp³-hybridized carbons (Fsp3) is 0.533. The largest absolute Gasteiger partial charge is 0.338 e. The van der Waals surface area contributed by atoms with E-state index in [0.29, 0.717) is 5.41 Å². The van der Waals surface area contributed by atoms with Gasteiger partial charge in [-0.25, -0.2) is 0 Å². The Balaban J connectivity index is 0.00000147. The van der Waals surface area contributed by atoms with E-state index in [1.54, 1.807) is 0 Å². The van der Waals surface area contributed by atoms with Gasteiger partial charge < -0.3 is 10.2 Å². The molecule has 1 aromatic carbocycles. The third kappa shape index (κ3) is 3.12. The molecular weight excluding hydrogens is 387 g/mol. The van der Waals surface area contributed by atoms with Crippen LogP contribution < -0.4 is 5.32 Å². The normalized spacial score (nSPS) is 20.8. The quantitative estimate of drug-likeness (QED) is 0.727. The fourth-order valence-corrected chi connectivity index (χ4v) is 3.90. The molecule has 0 saturated carbocycles. The number of carbonyl (C=O) groups excluding carboxylic acids is 1. The molecule has 5 heteroatoms. The molecule has 0 atom stereocenters. The minimum absolute atomic E-state index is 0. The summed E-state index contributed by atoms with van der Waals surface area (Å²) in [5, 5.41) is 3.42. The predicted octanol–water partition coefficient (Wildman–Crippen LogP) is 2.93. The van der Waals surface area contributed by atoms with Crippen molar-refractivity contribution in [2.75, 3.05) is 26.2 Å². The molecule has 2 aliphatic rings. The smallest absolute Gasteiger partial charge is 0.254 e. The van der Waals surface area contributed by atoms with E-state index in [0.717, 1.165) is 35.3 Å². The van der Waals surface area contributed by atoms with E-state index in [1.165, 1.54) is 19.3 Å². The number of nitrogens with zero attached hydrogens (tertiary/aromatic N) is 1. The summed E-state index contributed by atoms with van der Waals surface area (Å²) in [6.45, 7) is 4.07. The van der Waals surface area contributed by atoms with Gasteiger partial charge >= 0.3 is 0 Å². The number of rotatable bonds is 1. The number of nitrogens with one attached hydrogen (secondary N) is 1. The molecule has 3 rings (SSSR count). The zero-order chi connectivity index (χ0) is 13.3. The maximum atomic E-state index is 12.6. The van der Waals surface area contributed by atoms with Crippen LogP contribution in [0.4, 0.5) is 0 Å². The van der Waals surface area contributed by atoms with Gasteiger partial charge in [0.1, 0.15) is 0 Å². The van der Waals surface area contributed by atoms with E-state index in [1.807, 2.05) is 24.3 Å². The van der Waals surface area contributed by atoms with E-state index in [9.17, 15) is 4.79 Å². The Hall–Kier alpha value is -0.330. The van der Waals surface area contributed by atoms with Crippen molar-refractivity contribution in [1.29, 1.82) is 0 Å². The minimum Gasteiger partial charge on any atom is -0.338 e. The van der Waals surface area contributed by atoms with Crippen LogP contribution in [0.1, 0.15) is 29.6 Å². The lowest BCUT2D eigenvalue weighted by molar-refractivity contribution is 0.0761. The van der Waals surface area contributed by atoms with E-state index in [2.05, 4.69) is 32.8 Å². The van der Waals surface area contributed by atoms with Crippen molar-refractivity contribution in [3.8, 4) is 0 Å². The second kappa shape index (κ2) is 6.62. The van der Waals surface area contributed by atoms with Crippen LogP contribution >= 0.6 is 35.0 Å². The maximum absolute atomic E-state index is 12.6. The highest BCUT2D eigenvalue weighted by Crippen LogP contribution is 2.39. The van der Waals surface area contributed by atoms with Crippen molar-refractivity contribution in [3.63, 3.8) is 0 Å². The van der Waals surface area contributed by atoms with Crippen LogP contribution in [-0.4, -0.2) is 37.0 Å². The second-order valence-electron chi connectivity index (χ2n) is 5.71. The van der Waals surface area contributed by atoms with E-state index in [-0.39, 0.29) is 18.3 Å². The average molecular weight is 407 g/mol. The first kappa shape index (κ1) is 16.0. The molecule has 1 N–H and O–H groups in total. The predicted molar refractivity (Wildman–Crippen MR) is 91.5 cm³/mol. The van der Waals surface area contributed by atoms with Gasteiger partial charge in [-0.05, 0) is 72.5 Å². The standard InChI is InChI=1S/C15H19IN2O.ClH/c16-13-4-2-1-3-12(13)14(19)18-10-7-15(11-18)5-8-17-9-6-15;/h1-4,17H,5-11H2;1H. The molecule has 20 heavy (non-hydrogen) atoms. The Bertz CT molecular complexity index is 489. The summed E-state index contributed by atoms with van der Waals surface area (Å²) in [5.41, 5.74) is 1.25. The van der Waals surface area contributed by atoms with Crippen molar-refractivity contribution >= 4 is 40.9 Å². The summed E-state index contributed by atoms with van der Waals surface area (Å²) < 4.78 is 1.05. The molecule has 2 aliphatic heterocycles. The Labute approximate surface area is 140 Å². The number of benzene rings is 1. The summed E-state index contributed by atoms with van der Waals surface area (Å²) in [6, 6.07) is 7.88. The van der Waals surface area contributed by atoms with Gasteiger partial charge in [0.05, 0.1) is 5.56 Å². The molecule has 2 fully saturated rings. The number of hydrogen-bond acceptors (Lipinski definition) is 2. The van der Waals surface area contributed by atoms with Crippen molar-refractivity contribution in [2.24, 2.45) is 5.41 Å². The lowest BCUT2D eigenvalue weighted by Crippen LogP contribution is -2.39. The lowest BCUT2D eigenvalue weighted by Gasteiger charge is -2.33. The van der Waals surface area contributed by atoms with Gasteiger partial charge in [0, 0.05) is 16.7 Å². The van der Waals surface area contributed by atoms with Crippen molar-refractivity contribution < 1.29 is 4.79 Å². The summed E-state index contributed by atoms with van der Waals surface area (Å²) in [4.78, 5) is 14.7. The first-order valence-electron chi connectivity index (χ1n) is 6.95. The van der Waals surface area contributed by atoms with E-state index in [4.69, 9.17) is 0 Å². The first-order chi connectivity index (χ1) is 9.20. The molecular formula is C15H20ClIN2O. The summed E-state index contributed by atoms with van der Waals surface area (Å²) in [7, 11) is 0. The van der Waals surface area contributed by atoms with Gasteiger partial charge in [-0.1, -0.05) is 12.1 Å². The highest BCUT2D eigenvalue weighted by molar-refractivity contribution is 14.1. The van der Waals surface area contributed by atoms with Crippen LogP contribution in [0, 0.1) is 8.99 Å². The van der Waals surface area contributed by atoms with Crippen molar-refractivity contribution in [1.82, 2.24) is 10.2 Å². The number of hydrogen-bond donors (Lipinski definition) is 1. The molecule has 0 bridgehead atoms. The maximum Gasteiger partial charge on any atom is 0.254 e. The molecule has 1 aromatic rings. The molecule has 0 radical (unpaired) electrons. The molecule has 2 saturated heterocycles. The molecule has 3 nitrogen and oxygen atoms in total. The van der Waals surface area contributed by atoms with Gasteiger partial charge in [0.15, 0.2) is 0 Å². The Kier molecular flexibility index (Phi) is 5.31. The van der Waals surface area contributed by atoms with Crippen LogP contribution in [0.25, 0.3) is 0 Å². The molecule has 1 spiro atoms. The zero-order valence-electron chi connectivity index (χ0n) is 11.4. The Morgan fingerprint density at radius 1 is 1.20 bits per heavy atom. The third-order valence-electron chi connectivity index (χ3n) is 4.49. The minimum atomic E-state index is 0. The van der Waals surface area contributed by atoms with Crippen LogP contribution in [-0.2, 0) is 0 Å². The molecule has 2 heterocycles. The van der Waals surface area contributed by atoms with Crippen LogP contribution in [0.2, 0.25) is 0 Å². The van der Waals surface area contributed by atoms with Gasteiger partial charge in [0.25, 0.3) is 5.91 Å². The van der Waals surface area contributed by atoms with Crippen LogP contribution in [0.15, 0.2) is 24.3 Å². The number of carbonyl (C=O) groups is 1. The Morgan fingerprint density at radius 3 is 2.60 bits per heavy atom. The van der Waals surface area contributed by atoms with Crippen molar-refractivity contribution in [2.45, 2.75) is 19.3 Å². The summed E-state index contributed by atoms with van der Waals surface area (Å²) >= 11 is 2.25. The Morgan fingerprint density at radius 2 is 1.90 bits per heavy atom. The molecule has 0 aromatic heterocycles. The summed E-state index contributed by atoms with van der Waals surface area (Å²) in [6.07, 6.45) is 3.59. The first-order valence-corrected chi connectivity index (χ1v) is 8.03. The monoisotopic (exact) mass is 406 g/mol. The highest BCUT2D eigenvalue weighted by atomic mass is 127. The van der Waals surface area contributed by atoms with Gasteiger partial charge in [0.2, 0.25) is 0 Å². The van der Waals surface area contributed by atoms with Gasteiger partial charge in [-0.15, -0.1) is 12.4 Å². The highest BCUT2D eigenvalue weighted by Gasteiger charge is 2.40. The third-order valence-corrected chi connectivity index (χ3v) is 5.43. The van der Waals surface area contributed by atoms with E-state index < -0.39 is 0 Å².